The molecule has 0 aliphatic carbocycles. The van der Waals surface area contributed by atoms with Crippen molar-refractivity contribution in [3.8, 4) is 22.8 Å². The van der Waals surface area contributed by atoms with E-state index in [9.17, 15) is 0 Å². The third-order valence-corrected chi connectivity index (χ3v) is 4.93. The van der Waals surface area contributed by atoms with E-state index in [1.165, 1.54) is 5.69 Å². The monoisotopic (exact) mass is 377 g/mol. The van der Waals surface area contributed by atoms with Crippen molar-refractivity contribution in [1.29, 1.82) is 0 Å². The van der Waals surface area contributed by atoms with E-state index in [-0.39, 0.29) is 0 Å². The predicted octanol–water partition coefficient (Wildman–Crippen LogP) is 2.88. The third kappa shape index (κ3) is 3.83. The lowest BCUT2D eigenvalue weighted by molar-refractivity contribution is 0.414. The van der Waals surface area contributed by atoms with E-state index in [0.29, 0.717) is 5.95 Å². The van der Waals surface area contributed by atoms with Crippen LogP contribution in [0.1, 0.15) is 0 Å². The molecule has 0 radical (unpaired) electrons. The SMILES string of the molecule is COc1ccc(-c2cnnc(N3CCN(c4ccc(OC)cc4)CC3)n2)cc1. The molecule has 7 nitrogen and oxygen atoms in total. The zero-order valence-corrected chi connectivity index (χ0v) is 16.1. The number of ether oxygens (including phenoxy) is 2. The molecule has 1 aromatic heterocycles. The number of methoxy groups -OCH3 is 2. The number of rotatable bonds is 5. The minimum atomic E-state index is 0.669. The Bertz CT molecular complexity index is 907. The van der Waals surface area contributed by atoms with Crippen molar-refractivity contribution in [2.45, 2.75) is 0 Å². The summed E-state index contributed by atoms with van der Waals surface area (Å²) in [6.45, 7) is 3.50. The summed E-state index contributed by atoms with van der Waals surface area (Å²) in [5, 5.41) is 8.41. The lowest BCUT2D eigenvalue weighted by Gasteiger charge is -2.36. The maximum absolute atomic E-state index is 5.23. The van der Waals surface area contributed by atoms with E-state index in [1.54, 1.807) is 20.4 Å². The van der Waals surface area contributed by atoms with Crippen molar-refractivity contribution in [1.82, 2.24) is 15.2 Å². The number of nitrogens with zero attached hydrogens (tertiary/aromatic N) is 5. The van der Waals surface area contributed by atoms with Crippen LogP contribution in [0.25, 0.3) is 11.3 Å². The van der Waals surface area contributed by atoms with Crippen LogP contribution < -0.4 is 19.3 Å². The maximum atomic E-state index is 5.23. The molecule has 4 rings (SSSR count). The Balaban J connectivity index is 1.44. The van der Waals surface area contributed by atoms with Gasteiger partial charge in [-0.15, -0.1) is 5.10 Å². The van der Waals surface area contributed by atoms with E-state index < -0.39 is 0 Å². The molecule has 1 aliphatic rings. The molecule has 3 aromatic rings. The molecule has 7 heteroatoms. The zero-order chi connectivity index (χ0) is 19.3. The fourth-order valence-electron chi connectivity index (χ4n) is 3.29. The molecule has 0 spiro atoms. The minimum Gasteiger partial charge on any atom is -0.497 e. The number of aromatic nitrogens is 3. The van der Waals surface area contributed by atoms with Crippen LogP contribution in [0.4, 0.5) is 11.6 Å². The van der Waals surface area contributed by atoms with Crippen LogP contribution >= 0.6 is 0 Å². The molecular formula is C21H23N5O2. The van der Waals surface area contributed by atoms with Crippen LogP contribution in [0.2, 0.25) is 0 Å². The average molecular weight is 377 g/mol. The Kier molecular flexibility index (Phi) is 5.23. The molecule has 1 saturated heterocycles. The molecule has 144 valence electrons. The van der Waals surface area contributed by atoms with Crippen molar-refractivity contribution < 1.29 is 9.47 Å². The molecule has 0 unspecified atom stereocenters. The zero-order valence-electron chi connectivity index (χ0n) is 16.1. The van der Waals surface area contributed by atoms with Gasteiger partial charge in [-0.25, -0.2) is 4.98 Å². The second-order valence-corrected chi connectivity index (χ2v) is 6.54. The Morgan fingerprint density at radius 1 is 0.750 bits per heavy atom. The van der Waals surface area contributed by atoms with Crippen LogP contribution in [0.3, 0.4) is 0 Å². The summed E-state index contributed by atoms with van der Waals surface area (Å²) in [6, 6.07) is 16.0. The van der Waals surface area contributed by atoms with E-state index >= 15 is 0 Å². The lowest BCUT2D eigenvalue weighted by atomic mass is 10.1. The predicted molar refractivity (Wildman–Crippen MR) is 109 cm³/mol. The summed E-state index contributed by atoms with van der Waals surface area (Å²) in [7, 11) is 3.34. The Hall–Kier alpha value is -3.35. The molecule has 28 heavy (non-hydrogen) atoms. The van der Waals surface area contributed by atoms with E-state index in [4.69, 9.17) is 14.5 Å². The van der Waals surface area contributed by atoms with Gasteiger partial charge >= 0.3 is 0 Å². The van der Waals surface area contributed by atoms with E-state index in [1.807, 2.05) is 36.4 Å². The number of benzene rings is 2. The number of hydrogen-bond acceptors (Lipinski definition) is 7. The molecule has 0 amide bonds. The van der Waals surface area contributed by atoms with Gasteiger partial charge in [-0.05, 0) is 48.5 Å². The van der Waals surface area contributed by atoms with Crippen LogP contribution in [0, 0.1) is 0 Å². The van der Waals surface area contributed by atoms with Gasteiger partial charge < -0.3 is 19.3 Å². The summed E-state index contributed by atoms with van der Waals surface area (Å²) in [5.41, 5.74) is 3.01. The van der Waals surface area contributed by atoms with Gasteiger partial charge in [0.05, 0.1) is 26.1 Å². The van der Waals surface area contributed by atoms with Crippen LogP contribution in [-0.4, -0.2) is 55.6 Å². The maximum Gasteiger partial charge on any atom is 0.246 e. The molecular weight excluding hydrogens is 354 g/mol. The molecule has 1 fully saturated rings. The Morgan fingerprint density at radius 2 is 1.32 bits per heavy atom. The van der Waals surface area contributed by atoms with Gasteiger partial charge in [-0.2, -0.15) is 5.10 Å². The highest BCUT2D eigenvalue weighted by Gasteiger charge is 2.20. The first-order valence-electron chi connectivity index (χ1n) is 9.25. The topological polar surface area (TPSA) is 63.6 Å². The first-order valence-corrected chi connectivity index (χ1v) is 9.25. The highest BCUT2D eigenvalue weighted by Crippen LogP contribution is 2.23. The normalized spacial score (nSPS) is 14.1. The number of hydrogen-bond donors (Lipinski definition) is 0. The van der Waals surface area contributed by atoms with Gasteiger partial charge in [0, 0.05) is 37.4 Å². The van der Waals surface area contributed by atoms with Gasteiger partial charge in [0.2, 0.25) is 5.95 Å². The standard InChI is InChI=1S/C21H23N5O2/c1-27-18-7-3-16(4-8-18)20-15-22-24-21(23-20)26-13-11-25(12-14-26)17-5-9-19(28-2)10-6-17/h3-10,15H,11-14H2,1-2H3. The lowest BCUT2D eigenvalue weighted by Crippen LogP contribution is -2.47. The summed E-state index contributed by atoms with van der Waals surface area (Å²) >= 11 is 0. The fraction of sp³-hybridized carbons (Fsp3) is 0.286. The second-order valence-electron chi connectivity index (χ2n) is 6.54. The van der Waals surface area contributed by atoms with E-state index in [0.717, 1.165) is 48.9 Å². The summed E-state index contributed by atoms with van der Waals surface area (Å²) < 4.78 is 10.4. The first kappa shape index (κ1) is 18.0. The Labute approximate surface area is 164 Å². The highest BCUT2D eigenvalue weighted by molar-refractivity contribution is 5.60. The van der Waals surface area contributed by atoms with Crippen molar-refractivity contribution in [3.63, 3.8) is 0 Å². The summed E-state index contributed by atoms with van der Waals surface area (Å²) in [5.74, 6) is 2.36. The Morgan fingerprint density at radius 3 is 1.93 bits per heavy atom. The van der Waals surface area contributed by atoms with Gasteiger partial charge in [0.1, 0.15) is 11.5 Å². The second kappa shape index (κ2) is 8.12. The average Bonchev–Trinajstić information content (AvgIpc) is 2.79. The third-order valence-electron chi connectivity index (χ3n) is 4.93. The van der Waals surface area contributed by atoms with Gasteiger partial charge in [-0.1, -0.05) is 0 Å². The molecule has 0 saturated carbocycles. The van der Waals surface area contributed by atoms with Crippen LogP contribution in [0.5, 0.6) is 11.5 Å². The molecule has 0 bridgehead atoms. The smallest absolute Gasteiger partial charge is 0.246 e. The fourth-order valence-corrected chi connectivity index (χ4v) is 3.29. The number of anilines is 2. The number of piperazine rings is 1. The molecule has 0 atom stereocenters. The van der Waals surface area contributed by atoms with Crippen molar-refractivity contribution >= 4 is 11.6 Å². The largest absolute Gasteiger partial charge is 0.497 e. The van der Waals surface area contributed by atoms with E-state index in [2.05, 4.69) is 32.1 Å². The van der Waals surface area contributed by atoms with Crippen LogP contribution in [-0.2, 0) is 0 Å². The highest BCUT2D eigenvalue weighted by atomic mass is 16.5. The first-order chi connectivity index (χ1) is 13.8. The van der Waals surface area contributed by atoms with Crippen molar-refractivity contribution in [2.24, 2.45) is 0 Å². The molecule has 1 aliphatic heterocycles. The quantitative estimate of drug-likeness (QED) is 0.677. The van der Waals surface area contributed by atoms with Gasteiger partial charge in [0.25, 0.3) is 0 Å². The summed E-state index contributed by atoms with van der Waals surface area (Å²) in [6.07, 6.45) is 1.69. The summed E-state index contributed by atoms with van der Waals surface area (Å²) in [4.78, 5) is 9.26. The molecule has 2 heterocycles. The molecule has 2 aromatic carbocycles. The minimum absolute atomic E-state index is 0.669. The van der Waals surface area contributed by atoms with Crippen LogP contribution in [0.15, 0.2) is 54.7 Å². The molecule has 0 N–H and O–H groups in total. The van der Waals surface area contributed by atoms with Gasteiger partial charge in [0.15, 0.2) is 0 Å². The van der Waals surface area contributed by atoms with Crippen molar-refractivity contribution in [2.75, 3.05) is 50.2 Å². The van der Waals surface area contributed by atoms with Crippen molar-refractivity contribution in [3.05, 3.63) is 54.7 Å². The van der Waals surface area contributed by atoms with Gasteiger partial charge in [-0.3, -0.25) is 0 Å².